The molecule has 0 aromatic heterocycles. The number of esters is 1. The molecule has 1 aromatic carbocycles. The Morgan fingerprint density at radius 1 is 1.50 bits per heavy atom. The Hall–Kier alpha value is -2.16. The smallest absolute Gasteiger partial charge is 0.341 e. The van der Waals surface area contributed by atoms with Crippen molar-refractivity contribution in [3.05, 3.63) is 28.8 Å². The molecule has 96 valence electrons. The summed E-state index contributed by atoms with van der Waals surface area (Å²) >= 11 is 0. The summed E-state index contributed by atoms with van der Waals surface area (Å²) in [6.45, 7) is 1.69. The largest absolute Gasteiger partial charge is 0.494 e. The van der Waals surface area contributed by atoms with E-state index in [0.29, 0.717) is 0 Å². The second-order valence-corrected chi connectivity index (χ2v) is 3.28. The van der Waals surface area contributed by atoms with Crippen LogP contribution in [-0.4, -0.2) is 19.7 Å². The molecule has 0 amide bonds. The van der Waals surface area contributed by atoms with Gasteiger partial charge in [-0.25, -0.2) is 13.6 Å². The van der Waals surface area contributed by atoms with Crippen LogP contribution in [0.2, 0.25) is 0 Å². The molecule has 0 aliphatic heterocycles. The highest BCUT2D eigenvalue weighted by Gasteiger charge is 2.21. The fourth-order valence-corrected chi connectivity index (χ4v) is 1.44. The molecular formula is C12H11F2NO3. The molecule has 0 fully saturated rings. The van der Waals surface area contributed by atoms with E-state index in [4.69, 9.17) is 14.7 Å². The average molecular weight is 255 g/mol. The van der Waals surface area contributed by atoms with Crippen molar-refractivity contribution in [3.8, 4) is 11.8 Å². The lowest BCUT2D eigenvalue weighted by atomic mass is 10.0. The predicted molar refractivity (Wildman–Crippen MR) is 58.6 cm³/mol. The summed E-state index contributed by atoms with van der Waals surface area (Å²) in [5, 5.41) is 8.86. The average Bonchev–Trinajstić information content (AvgIpc) is 2.37. The lowest BCUT2D eigenvalue weighted by molar-refractivity contribution is 0.0522. The van der Waals surface area contributed by atoms with Gasteiger partial charge in [0.15, 0.2) is 5.75 Å². The predicted octanol–water partition coefficient (Wildman–Crippen LogP) is 2.68. The summed E-state index contributed by atoms with van der Waals surface area (Å²) in [5.41, 5.74) is -0.720. The normalized spacial score (nSPS) is 10.0. The van der Waals surface area contributed by atoms with Gasteiger partial charge in [0, 0.05) is 5.56 Å². The molecule has 18 heavy (non-hydrogen) atoms. The maximum atomic E-state index is 12.6. The van der Waals surface area contributed by atoms with Crippen LogP contribution in [0.3, 0.4) is 0 Å². The number of methoxy groups -OCH3 is 1. The van der Waals surface area contributed by atoms with E-state index in [2.05, 4.69) is 0 Å². The minimum absolute atomic E-state index is 0.0552. The number of nitriles is 1. The van der Waals surface area contributed by atoms with Gasteiger partial charge >= 0.3 is 5.97 Å². The lowest BCUT2D eigenvalue weighted by Gasteiger charge is -2.11. The Morgan fingerprint density at radius 2 is 2.17 bits per heavy atom. The van der Waals surface area contributed by atoms with Crippen LogP contribution in [0.1, 0.15) is 34.8 Å². The number of carbonyl (C=O) groups excluding carboxylic acids is 1. The number of hydrogen-bond acceptors (Lipinski definition) is 4. The molecule has 0 radical (unpaired) electrons. The Bertz CT molecular complexity index is 495. The first kappa shape index (κ1) is 13.9. The van der Waals surface area contributed by atoms with Crippen LogP contribution in [0.4, 0.5) is 8.78 Å². The van der Waals surface area contributed by atoms with E-state index in [0.717, 1.165) is 12.1 Å². The highest BCUT2D eigenvalue weighted by atomic mass is 19.3. The molecule has 0 unspecified atom stereocenters. The van der Waals surface area contributed by atoms with Crippen molar-refractivity contribution in [1.82, 2.24) is 0 Å². The highest BCUT2D eigenvalue weighted by Crippen LogP contribution is 2.30. The quantitative estimate of drug-likeness (QED) is 0.776. The number of carbonyl (C=O) groups is 1. The second-order valence-electron chi connectivity index (χ2n) is 3.28. The summed E-state index contributed by atoms with van der Waals surface area (Å²) in [6, 6.07) is 3.68. The van der Waals surface area contributed by atoms with Crippen molar-refractivity contribution in [2.45, 2.75) is 13.3 Å². The maximum absolute atomic E-state index is 12.6. The Morgan fingerprint density at radius 3 is 2.61 bits per heavy atom. The minimum Gasteiger partial charge on any atom is -0.494 e. The number of nitrogens with zero attached hydrogens (tertiary/aromatic N) is 1. The van der Waals surface area contributed by atoms with Gasteiger partial charge in [-0.3, -0.25) is 0 Å². The van der Waals surface area contributed by atoms with Crippen LogP contribution in [0.25, 0.3) is 0 Å². The zero-order valence-electron chi connectivity index (χ0n) is 9.87. The molecule has 4 nitrogen and oxygen atoms in total. The van der Waals surface area contributed by atoms with Gasteiger partial charge in [-0.1, -0.05) is 0 Å². The molecule has 1 rings (SSSR count). The number of rotatable bonds is 4. The second kappa shape index (κ2) is 5.96. The number of hydrogen-bond donors (Lipinski definition) is 0. The minimum atomic E-state index is -2.78. The van der Waals surface area contributed by atoms with Crippen LogP contribution in [0.5, 0.6) is 5.75 Å². The van der Waals surface area contributed by atoms with E-state index in [1.54, 1.807) is 13.0 Å². The van der Waals surface area contributed by atoms with E-state index in [1.807, 2.05) is 0 Å². The van der Waals surface area contributed by atoms with Crippen LogP contribution < -0.4 is 4.74 Å². The third kappa shape index (κ3) is 2.74. The SMILES string of the molecule is CCOC(=O)c1cc(C(F)F)cc(C#N)c1OC. The van der Waals surface area contributed by atoms with Crippen molar-refractivity contribution < 1.29 is 23.0 Å². The number of alkyl halides is 2. The Labute approximate surface area is 103 Å². The van der Waals surface area contributed by atoms with Crippen molar-refractivity contribution >= 4 is 5.97 Å². The van der Waals surface area contributed by atoms with E-state index >= 15 is 0 Å². The fourth-order valence-electron chi connectivity index (χ4n) is 1.44. The van der Waals surface area contributed by atoms with Gasteiger partial charge in [0.05, 0.1) is 19.3 Å². The summed E-state index contributed by atoms with van der Waals surface area (Å²) in [6.07, 6.45) is -2.78. The molecule has 0 saturated carbocycles. The van der Waals surface area contributed by atoms with Gasteiger partial charge in [0.1, 0.15) is 11.6 Å². The molecule has 0 atom stereocenters. The van der Waals surface area contributed by atoms with Crippen molar-refractivity contribution in [3.63, 3.8) is 0 Å². The molecule has 0 spiro atoms. The number of benzene rings is 1. The van der Waals surface area contributed by atoms with Gasteiger partial charge in [0.2, 0.25) is 0 Å². The highest BCUT2D eigenvalue weighted by molar-refractivity contribution is 5.93. The van der Waals surface area contributed by atoms with E-state index < -0.39 is 18.0 Å². The molecular weight excluding hydrogens is 244 g/mol. The topological polar surface area (TPSA) is 59.3 Å². The van der Waals surface area contributed by atoms with E-state index in [-0.39, 0.29) is 23.5 Å². The molecule has 0 bridgehead atoms. The summed E-state index contributed by atoms with van der Waals surface area (Å²) in [7, 11) is 1.25. The van der Waals surface area contributed by atoms with Crippen LogP contribution in [0.15, 0.2) is 12.1 Å². The zero-order chi connectivity index (χ0) is 13.7. The standard InChI is InChI=1S/C12H11F2NO3/c1-3-18-12(16)9-5-7(11(13)14)4-8(6-15)10(9)17-2/h4-5,11H,3H2,1-2H3. The molecule has 0 aliphatic rings. The Balaban J connectivity index is 3.41. The Kier molecular flexibility index (Phi) is 4.60. The fraction of sp³-hybridized carbons (Fsp3) is 0.333. The van der Waals surface area contributed by atoms with Gasteiger partial charge in [-0.2, -0.15) is 5.26 Å². The molecule has 0 N–H and O–H groups in total. The van der Waals surface area contributed by atoms with Crippen LogP contribution in [0, 0.1) is 11.3 Å². The molecule has 1 aromatic rings. The third-order valence-corrected chi connectivity index (χ3v) is 2.18. The van der Waals surface area contributed by atoms with Crippen molar-refractivity contribution in [2.75, 3.05) is 13.7 Å². The molecule has 0 saturated heterocycles. The first-order chi connectivity index (χ1) is 8.54. The lowest BCUT2D eigenvalue weighted by Crippen LogP contribution is -2.09. The van der Waals surface area contributed by atoms with Crippen LogP contribution in [-0.2, 0) is 4.74 Å². The van der Waals surface area contributed by atoms with Gasteiger partial charge in [0.25, 0.3) is 6.43 Å². The molecule has 6 heteroatoms. The summed E-state index contributed by atoms with van der Waals surface area (Å²) in [5.74, 6) is -0.853. The first-order valence-electron chi connectivity index (χ1n) is 5.12. The van der Waals surface area contributed by atoms with E-state index in [9.17, 15) is 13.6 Å². The number of ether oxygens (including phenoxy) is 2. The summed E-state index contributed by atoms with van der Waals surface area (Å²) in [4.78, 5) is 11.6. The van der Waals surface area contributed by atoms with Gasteiger partial charge in [-0.15, -0.1) is 0 Å². The maximum Gasteiger partial charge on any atom is 0.341 e. The van der Waals surface area contributed by atoms with E-state index in [1.165, 1.54) is 7.11 Å². The summed E-state index contributed by atoms with van der Waals surface area (Å²) < 4.78 is 34.9. The number of halogens is 2. The van der Waals surface area contributed by atoms with Gasteiger partial charge in [-0.05, 0) is 19.1 Å². The van der Waals surface area contributed by atoms with Gasteiger partial charge < -0.3 is 9.47 Å². The van der Waals surface area contributed by atoms with Crippen LogP contribution >= 0.6 is 0 Å². The monoisotopic (exact) mass is 255 g/mol. The van der Waals surface area contributed by atoms with Crippen molar-refractivity contribution in [2.24, 2.45) is 0 Å². The zero-order valence-corrected chi connectivity index (χ0v) is 9.87. The molecule has 0 heterocycles. The first-order valence-corrected chi connectivity index (χ1v) is 5.12. The third-order valence-electron chi connectivity index (χ3n) is 2.18. The molecule has 0 aliphatic carbocycles. The van der Waals surface area contributed by atoms with Crippen molar-refractivity contribution in [1.29, 1.82) is 5.26 Å².